The van der Waals surface area contributed by atoms with Gasteiger partial charge in [0, 0.05) is 62.3 Å². The molecule has 5 N–H and O–H groups in total. The molecular formula is C33H50N6O3. The first-order valence-electron chi connectivity index (χ1n) is 14.6. The van der Waals surface area contributed by atoms with E-state index in [1.54, 1.807) is 19.2 Å². The number of aryl methyl sites for hydroxylation is 1. The van der Waals surface area contributed by atoms with Crippen molar-refractivity contribution >= 4 is 23.2 Å². The van der Waals surface area contributed by atoms with Gasteiger partial charge < -0.3 is 31.3 Å². The number of anilines is 2. The maximum Gasteiger partial charge on any atom is 0.268 e. The fourth-order valence-corrected chi connectivity index (χ4v) is 4.60. The Morgan fingerprint density at radius 2 is 1.67 bits per heavy atom. The van der Waals surface area contributed by atoms with Gasteiger partial charge in [0.05, 0.1) is 12.8 Å². The van der Waals surface area contributed by atoms with Crippen LogP contribution in [0.15, 0.2) is 42.2 Å². The van der Waals surface area contributed by atoms with E-state index in [1.807, 2.05) is 39.8 Å². The zero-order chi connectivity index (χ0) is 31.2. The smallest absolute Gasteiger partial charge is 0.268 e. The normalized spacial score (nSPS) is 15.3. The van der Waals surface area contributed by atoms with Gasteiger partial charge in [0.25, 0.3) is 11.8 Å². The van der Waals surface area contributed by atoms with Gasteiger partial charge in [0.2, 0.25) is 0 Å². The zero-order valence-corrected chi connectivity index (χ0v) is 26.9. The molecule has 2 amide bonds. The summed E-state index contributed by atoms with van der Waals surface area (Å²) in [6.45, 7) is 19.8. The third-order valence-corrected chi connectivity index (χ3v) is 7.40. The fraction of sp³-hybridized carbons (Fsp3) is 0.515. The molecule has 0 atom stereocenters. The number of nitrogens with one attached hydrogen (secondary N) is 3. The van der Waals surface area contributed by atoms with Crippen molar-refractivity contribution < 1.29 is 14.3 Å². The van der Waals surface area contributed by atoms with E-state index in [4.69, 9.17) is 10.5 Å². The molecule has 0 radical (unpaired) electrons. The summed E-state index contributed by atoms with van der Waals surface area (Å²) in [6.07, 6.45) is 1.46. The van der Waals surface area contributed by atoms with Gasteiger partial charge in [-0.25, -0.2) is 0 Å². The molecule has 1 saturated heterocycles. The third kappa shape index (κ3) is 9.22. The van der Waals surface area contributed by atoms with Crippen molar-refractivity contribution in [2.45, 2.75) is 60.4 Å². The van der Waals surface area contributed by atoms with Crippen molar-refractivity contribution in [3.8, 4) is 5.75 Å². The second-order valence-corrected chi connectivity index (χ2v) is 13.5. The lowest BCUT2D eigenvalue weighted by Crippen LogP contribution is -2.44. The molecular weight excluding hydrogens is 528 g/mol. The Morgan fingerprint density at radius 1 is 1.00 bits per heavy atom. The molecule has 0 aliphatic carbocycles. The summed E-state index contributed by atoms with van der Waals surface area (Å²) in [5.41, 5.74) is 10.8. The highest BCUT2D eigenvalue weighted by Crippen LogP contribution is 2.36. The number of nitrogens with two attached hydrogens (primary N) is 1. The van der Waals surface area contributed by atoms with Crippen molar-refractivity contribution in [3.63, 3.8) is 0 Å². The molecule has 2 aromatic rings. The first-order chi connectivity index (χ1) is 19.6. The van der Waals surface area contributed by atoms with Crippen LogP contribution < -0.4 is 26.4 Å². The highest BCUT2D eigenvalue weighted by Gasteiger charge is 2.23. The van der Waals surface area contributed by atoms with Crippen LogP contribution in [-0.4, -0.2) is 68.5 Å². The number of methoxy groups -OCH3 is 1. The van der Waals surface area contributed by atoms with E-state index in [9.17, 15) is 9.59 Å². The van der Waals surface area contributed by atoms with Crippen LogP contribution in [0.5, 0.6) is 5.75 Å². The Kier molecular flexibility index (Phi) is 10.7. The summed E-state index contributed by atoms with van der Waals surface area (Å²) < 4.78 is 5.89. The van der Waals surface area contributed by atoms with Gasteiger partial charge >= 0.3 is 0 Å². The molecule has 2 aromatic carbocycles. The van der Waals surface area contributed by atoms with Crippen molar-refractivity contribution in [2.24, 2.45) is 11.1 Å². The number of ether oxygens (including phenoxy) is 1. The molecule has 1 aliphatic heterocycles. The molecule has 42 heavy (non-hydrogen) atoms. The zero-order valence-electron chi connectivity index (χ0n) is 26.9. The lowest BCUT2D eigenvalue weighted by molar-refractivity contribution is -0.117. The molecule has 3 rings (SSSR count). The summed E-state index contributed by atoms with van der Waals surface area (Å²) >= 11 is 0. The lowest BCUT2D eigenvalue weighted by Gasteiger charge is -2.33. The summed E-state index contributed by atoms with van der Waals surface area (Å²) in [4.78, 5) is 30.7. The molecule has 1 heterocycles. The van der Waals surface area contributed by atoms with Crippen LogP contribution in [0.25, 0.3) is 0 Å². The number of nitrogens with zero attached hydrogens (tertiary/aromatic N) is 2. The second kappa shape index (κ2) is 13.6. The van der Waals surface area contributed by atoms with E-state index in [0.717, 1.165) is 49.4 Å². The van der Waals surface area contributed by atoms with Crippen molar-refractivity contribution in [3.05, 3.63) is 64.5 Å². The van der Waals surface area contributed by atoms with E-state index in [-0.39, 0.29) is 28.3 Å². The number of carbonyl (C=O) groups is 2. The molecule has 0 saturated carbocycles. The van der Waals surface area contributed by atoms with E-state index >= 15 is 0 Å². The van der Waals surface area contributed by atoms with E-state index in [0.29, 0.717) is 29.2 Å². The molecule has 1 aliphatic rings. The Bertz CT molecular complexity index is 1300. The lowest BCUT2D eigenvalue weighted by atomic mass is 9.85. The summed E-state index contributed by atoms with van der Waals surface area (Å²) in [5.74, 6) is 0.0766. The molecule has 0 bridgehead atoms. The van der Waals surface area contributed by atoms with Gasteiger partial charge in [-0.2, -0.15) is 0 Å². The molecule has 230 valence electrons. The number of hydrogen-bond acceptors (Lipinski definition) is 7. The van der Waals surface area contributed by atoms with E-state index < -0.39 is 0 Å². The average molecular weight is 579 g/mol. The summed E-state index contributed by atoms with van der Waals surface area (Å²) in [5, 5.41) is 9.05. The SMILES string of the molecule is COc1c(CN2CCN(C)CC2)cc(C(C)(C)C)cc1NC(=O)c1ccc(C)c(N/C=C(\N)C(=O)NCC(C)(C)C)c1. The highest BCUT2D eigenvalue weighted by atomic mass is 16.5. The van der Waals surface area contributed by atoms with Crippen molar-refractivity contribution in [1.29, 1.82) is 0 Å². The van der Waals surface area contributed by atoms with Crippen LogP contribution >= 0.6 is 0 Å². The van der Waals surface area contributed by atoms with Gasteiger partial charge in [0.1, 0.15) is 11.4 Å². The van der Waals surface area contributed by atoms with E-state index in [1.165, 1.54) is 6.20 Å². The molecule has 1 fully saturated rings. The minimum atomic E-state index is -0.345. The maximum absolute atomic E-state index is 13.6. The van der Waals surface area contributed by atoms with E-state index in [2.05, 4.69) is 59.6 Å². The van der Waals surface area contributed by atoms with Crippen molar-refractivity contribution in [2.75, 3.05) is 57.5 Å². The van der Waals surface area contributed by atoms with Gasteiger partial charge in [-0.15, -0.1) is 0 Å². The van der Waals surface area contributed by atoms with Crippen LogP contribution in [0.1, 0.15) is 68.6 Å². The van der Waals surface area contributed by atoms with Crippen LogP contribution in [0, 0.1) is 12.3 Å². The predicted octanol–water partition coefficient (Wildman–Crippen LogP) is 4.68. The topological polar surface area (TPSA) is 112 Å². The Hall–Kier alpha value is -3.56. The quantitative estimate of drug-likeness (QED) is 0.320. The average Bonchev–Trinajstić information content (AvgIpc) is 2.91. The standard InChI is InChI=1S/C33H50N6O3/c1-22-10-11-23(17-27(22)35-19-26(34)31(41)36-21-32(2,3)4)30(40)37-28-18-25(33(5,6)7)16-24(29(28)42-9)20-39-14-12-38(8)13-15-39/h10-11,16-19,35H,12-15,20-21,34H2,1-9H3,(H,36,41)(H,37,40)/b26-19-. The minimum Gasteiger partial charge on any atom is -0.494 e. The van der Waals surface area contributed by atoms with Crippen LogP contribution in [0.2, 0.25) is 0 Å². The fourth-order valence-electron chi connectivity index (χ4n) is 4.60. The maximum atomic E-state index is 13.6. The largest absolute Gasteiger partial charge is 0.494 e. The molecule has 9 nitrogen and oxygen atoms in total. The summed E-state index contributed by atoms with van der Waals surface area (Å²) in [7, 11) is 3.80. The first-order valence-corrected chi connectivity index (χ1v) is 14.6. The predicted molar refractivity (Wildman–Crippen MR) is 172 cm³/mol. The Balaban J connectivity index is 1.84. The highest BCUT2D eigenvalue weighted by molar-refractivity contribution is 6.06. The minimum absolute atomic E-state index is 0.0535. The Labute approximate surface area is 251 Å². The van der Waals surface area contributed by atoms with Crippen molar-refractivity contribution in [1.82, 2.24) is 15.1 Å². The van der Waals surface area contributed by atoms with Crippen LogP contribution in [-0.2, 0) is 16.8 Å². The van der Waals surface area contributed by atoms with Gasteiger partial charge in [-0.3, -0.25) is 14.5 Å². The first kappa shape index (κ1) is 32.9. The Morgan fingerprint density at radius 3 is 2.26 bits per heavy atom. The van der Waals surface area contributed by atoms with Crippen LogP contribution in [0.3, 0.4) is 0 Å². The second-order valence-electron chi connectivity index (χ2n) is 13.5. The van der Waals surface area contributed by atoms with Gasteiger partial charge in [-0.1, -0.05) is 53.7 Å². The third-order valence-electron chi connectivity index (χ3n) is 7.40. The number of benzene rings is 2. The number of amides is 2. The monoisotopic (exact) mass is 578 g/mol. The number of piperazine rings is 1. The number of hydrogen-bond donors (Lipinski definition) is 4. The number of carbonyl (C=O) groups excluding carboxylic acids is 2. The molecule has 9 heteroatoms. The van der Waals surface area contributed by atoms with Gasteiger partial charge in [0.15, 0.2) is 0 Å². The molecule has 0 unspecified atom stereocenters. The molecule has 0 spiro atoms. The summed E-state index contributed by atoms with van der Waals surface area (Å²) in [6, 6.07) is 9.62. The van der Waals surface area contributed by atoms with Gasteiger partial charge in [-0.05, 0) is 54.1 Å². The number of likely N-dealkylation sites (N-methyl/N-ethyl adjacent to an activating group) is 1. The number of rotatable bonds is 9. The van der Waals surface area contributed by atoms with Crippen LogP contribution in [0.4, 0.5) is 11.4 Å². The molecule has 0 aromatic heterocycles.